The fourth-order valence-electron chi connectivity index (χ4n) is 3.80. The summed E-state index contributed by atoms with van der Waals surface area (Å²) in [7, 11) is 0. The minimum atomic E-state index is -0.397. The fourth-order valence-corrected chi connectivity index (χ4v) is 4.60. The topological polar surface area (TPSA) is 55.2 Å². The van der Waals surface area contributed by atoms with Gasteiger partial charge in [0.05, 0.1) is 31.7 Å². The molecule has 0 radical (unpaired) electrons. The van der Waals surface area contributed by atoms with Gasteiger partial charge in [0.2, 0.25) is 0 Å². The molecule has 0 fully saturated rings. The summed E-state index contributed by atoms with van der Waals surface area (Å²) in [6.45, 7) is 0. The molecule has 2 aliphatic rings. The molecular formula is C18H13Cl3N2O2. The summed E-state index contributed by atoms with van der Waals surface area (Å²) in [4.78, 5) is 10.5. The number of rotatable bonds is 2. The van der Waals surface area contributed by atoms with Gasteiger partial charge in [-0.3, -0.25) is 10.1 Å². The van der Waals surface area contributed by atoms with E-state index in [4.69, 9.17) is 34.8 Å². The Morgan fingerprint density at radius 2 is 1.84 bits per heavy atom. The fraction of sp³-hybridized carbons (Fsp3) is 0.222. The van der Waals surface area contributed by atoms with Crippen LogP contribution in [0.2, 0.25) is 15.1 Å². The molecule has 128 valence electrons. The highest BCUT2D eigenvalue weighted by molar-refractivity contribution is 6.44. The summed E-state index contributed by atoms with van der Waals surface area (Å²) >= 11 is 19.1. The quantitative estimate of drug-likeness (QED) is 0.278. The molecule has 1 N–H and O–H groups in total. The highest BCUT2D eigenvalue weighted by Gasteiger charge is 2.40. The monoisotopic (exact) mass is 394 g/mol. The molecule has 2 aromatic rings. The van der Waals surface area contributed by atoms with E-state index in [0.717, 1.165) is 23.2 Å². The molecule has 0 amide bonds. The molecule has 0 bridgehead atoms. The van der Waals surface area contributed by atoms with Crippen LogP contribution in [-0.2, 0) is 0 Å². The second kappa shape index (κ2) is 6.20. The van der Waals surface area contributed by atoms with Crippen LogP contribution in [-0.4, -0.2) is 4.92 Å². The normalized spacial score (nSPS) is 23.7. The Bertz CT molecular complexity index is 896. The first-order chi connectivity index (χ1) is 12.0. The number of hydrogen-bond donors (Lipinski definition) is 1. The Balaban J connectivity index is 1.80. The van der Waals surface area contributed by atoms with Gasteiger partial charge < -0.3 is 5.32 Å². The van der Waals surface area contributed by atoms with Gasteiger partial charge in [-0.05, 0) is 24.0 Å². The number of nitrogens with zero attached hydrogens (tertiary/aromatic N) is 1. The van der Waals surface area contributed by atoms with Crippen LogP contribution in [0.4, 0.5) is 11.4 Å². The van der Waals surface area contributed by atoms with Gasteiger partial charge in [-0.25, -0.2) is 0 Å². The van der Waals surface area contributed by atoms with Crippen molar-refractivity contribution in [3.63, 3.8) is 0 Å². The summed E-state index contributed by atoms with van der Waals surface area (Å²) in [6.07, 6.45) is 5.16. The van der Waals surface area contributed by atoms with Crippen molar-refractivity contribution in [3.05, 3.63) is 78.8 Å². The second-order valence-corrected chi connectivity index (χ2v) is 7.46. The number of nitro groups is 1. The predicted molar refractivity (Wildman–Crippen MR) is 101 cm³/mol. The zero-order valence-corrected chi connectivity index (χ0v) is 15.1. The third-order valence-electron chi connectivity index (χ3n) is 4.95. The van der Waals surface area contributed by atoms with E-state index in [1.807, 2.05) is 0 Å². The Morgan fingerprint density at radius 3 is 2.52 bits per heavy atom. The van der Waals surface area contributed by atoms with Crippen LogP contribution in [0.1, 0.15) is 29.5 Å². The molecule has 2 aromatic carbocycles. The number of non-ortho nitro benzene ring substituents is 1. The molecule has 0 saturated carbocycles. The highest BCUT2D eigenvalue weighted by Crippen LogP contribution is 2.54. The average molecular weight is 396 g/mol. The lowest BCUT2D eigenvalue weighted by molar-refractivity contribution is -0.384. The molecule has 3 atom stereocenters. The summed E-state index contributed by atoms with van der Waals surface area (Å²) < 4.78 is 0. The van der Waals surface area contributed by atoms with Gasteiger partial charge in [-0.1, -0.05) is 59.1 Å². The lowest BCUT2D eigenvalue weighted by atomic mass is 9.77. The molecule has 4 rings (SSSR count). The molecule has 1 heterocycles. The Hall–Kier alpha value is -1.75. The summed E-state index contributed by atoms with van der Waals surface area (Å²) in [5, 5.41) is 15.9. The second-order valence-electron chi connectivity index (χ2n) is 6.27. The lowest BCUT2D eigenvalue weighted by Crippen LogP contribution is -2.29. The van der Waals surface area contributed by atoms with Crippen molar-refractivity contribution in [1.29, 1.82) is 0 Å². The van der Waals surface area contributed by atoms with E-state index in [2.05, 4.69) is 17.5 Å². The first-order valence-corrected chi connectivity index (χ1v) is 8.95. The molecule has 0 unspecified atom stereocenters. The summed E-state index contributed by atoms with van der Waals surface area (Å²) in [5.74, 6) is 0.362. The van der Waals surface area contributed by atoms with Crippen molar-refractivity contribution >= 4 is 46.2 Å². The van der Waals surface area contributed by atoms with Crippen LogP contribution in [0.25, 0.3) is 0 Å². The number of halogens is 3. The maximum atomic E-state index is 10.9. The minimum absolute atomic E-state index is 0.0111. The van der Waals surface area contributed by atoms with Gasteiger partial charge in [-0.2, -0.15) is 0 Å². The van der Waals surface area contributed by atoms with E-state index in [-0.39, 0.29) is 23.6 Å². The highest BCUT2D eigenvalue weighted by atomic mass is 35.5. The average Bonchev–Trinajstić information content (AvgIpc) is 3.08. The van der Waals surface area contributed by atoms with Crippen molar-refractivity contribution in [2.45, 2.75) is 18.4 Å². The van der Waals surface area contributed by atoms with Gasteiger partial charge >= 0.3 is 0 Å². The molecule has 0 aromatic heterocycles. The number of fused-ring (bicyclic) bond motifs is 3. The van der Waals surface area contributed by atoms with Gasteiger partial charge in [0.25, 0.3) is 5.69 Å². The molecule has 25 heavy (non-hydrogen) atoms. The zero-order valence-electron chi connectivity index (χ0n) is 12.9. The van der Waals surface area contributed by atoms with Crippen molar-refractivity contribution in [2.75, 3.05) is 5.32 Å². The SMILES string of the molecule is O=[N+]([O-])c1ccc([C@@H]2Nc3c(Cl)cc(Cl)c(Cl)c3[C@H]3C=CC[C@H]32)cc1. The van der Waals surface area contributed by atoms with Crippen LogP contribution in [0.15, 0.2) is 42.5 Å². The van der Waals surface area contributed by atoms with E-state index in [0.29, 0.717) is 15.1 Å². The number of benzene rings is 2. The molecule has 1 aliphatic heterocycles. The van der Waals surface area contributed by atoms with E-state index < -0.39 is 4.92 Å². The molecule has 0 spiro atoms. The van der Waals surface area contributed by atoms with Crippen molar-refractivity contribution in [2.24, 2.45) is 5.92 Å². The van der Waals surface area contributed by atoms with Gasteiger partial charge in [0, 0.05) is 23.6 Å². The van der Waals surface area contributed by atoms with E-state index >= 15 is 0 Å². The van der Waals surface area contributed by atoms with Crippen molar-refractivity contribution < 1.29 is 4.92 Å². The van der Waals surface area contributed by atoms with E-state index in [9.17, 15) is 10.1 Å². The first kappa shape index (κ1) is 16.7. The molecule has 4 nitrogen and oxygen atoms in total. The first-order valence-electron chi connectivity index (χ1n) is 7.82. The van der Waals surface area contributed by atoms with Crippen molar-refractivity contribution in [1.82, 2.24) is 0 Å². The third kappa shape index (κ3) is 2.69. The standard InChI is InChI=1S/C18H13Cl3N2O2/c19-13-8-14(20)18-15(16(13)21)11-2-1-3-12(11)17(22-18)9-4-6-10(7-5-9)23(24)25/h1-2,4-8,11-12,17,22H,3H2/t11-,12+,17-/m0/s1. The van der Waals surface area contributed by atoms with Crippen LogP contribution < -0.4 is 5.32 Å². The van der Waals surface area contributed by atoms with Crippen LogP contribution in [0, 0.1) is 16.0 Å². The van der Waals surface area contributed by atoms with Gasteiger partial charge in [0.1, 0.15) is 0 Å². The number of hydrogen-bond acceptors (Lipinski definition) is 3. The number of nitrogens with one attached hydrogen (secondary N) is 1. The molecule has 1 aliphatic carbocycles. The van der Waals surface area contributed by atoms with Crippen LogP contribution in [0.5, 0.6) is 0 Å². The predicted octanol–water partition coefficient (Wildman–Crippen LogP) is 6.38. The van der Waals surface area contributed by atoms with Crippen LogP contribution in [0.3, 0.4) is 0 Å². The summed E-state index contributed by atoms with van der Waals surface area (Å²) in [5.41, 5.74) is 2.77. The zero-order chi connectivity index (χ0) is 17.7. The Morgan fingerprint density at radius 1 is 1.12 bits per heavy atom. The van der Waals surface area contributed by atoms with Crippen molar-refractivity contribution in [3.8, 4) is 0 Å². The number of nitro benzene ring substituents is 1. The van der Waals surface area contributed by atoms with E-state index in [1.54, 1.807) is 18.2 Å². The van der Waals surface area contributed by atoms with Crippen LogP contribution >= 0.6 is 34.8 Å². The number of anilines is 1. The molecular weight excluding hydrogens is 383 g/mol. The molecule has 7 heteroatoms. The largest absolute Gasteiger partial charge is 0.376 e. The maximum Gasteiger partial charge on any atom is 0.269 e. The lowest BCUT2D eigenvalue weighted by Gasteiger charge is -2.38. The Labute approximate surface area is 159 Å². The van der Waals surface area contributed by atoms with Gasteiger partial charge in [0.15, 0.2) is 0 Å². The summed E-state index contributed by atoms with van der Waals surface area (Å²) in [6, 6.07) is 8.27. The van der Waals surface area contributed by atoms with Gasteiger partial charge in [-0.15, -0.1) is 0 Å². The smallest absolute Gasteiger partial charge is 0.269 e. The maximum absolute atomic E-state index is 10.9. The van der Waals surface area contributed by atoms with E-state index in [1.165, 1.54) is 12.1 Å². The molecule has 0 saturated heterocycles. The minimum Gasteiger partial charge on any atom is -0.376 e. The Kier molecular flexibility index (Phi) is 4.14. The third-order valence-corrected chi connectivity index (χ3v) is 6.05. The number of allylic oxidation sites excluding steroid dienone is 2.